The lowest BCUT2D eigenvalue weighted by molar-refractivity contribution is -0.147. The first kappa shape index (κ1) is 12.4. The molecule has 0 aromatic heterocycles. The Bertz CT molecular complexity index is 332. The first-order valence-corrected chi connectivity index (χ1v) is 5.36. The normalized spacial score (nSPS) is 11.8. The molecule has 0 aliphatic carbocycles. The molecule has 16 heavy (non-hydrogen) atoms. The molecule has 3 nitrogen and oxygen atoms in total. The fourth-order valence-corrected chi connectivity index (χ4v) is 1.34. The zero-order chi connectivity index (χ0) is 11.8. The second-order valence-corrected chi connectivity index (χ2v) is 3.55. The molecule has 1 atom stereocenters. The van der Waals surface area contributed by atoms with Crippen LogP contribution in [0.1, 0.15) is 25.3 Å². The van der Waals surface area contributed by atoms with Gasteiger partial charge in [-0.1, -0.05) is 43.7 Å². The third kappa shape index (κ3) is 3.85. The minimum Gasteiger partial charge on any atom is -0.460 e. The van der Waals surface area contributed by atoms with Gasteiger partial charge in [0.1, 0.15) is 12.5 Å². The van der Waals surface area contributed by atoms with E-state index in [1.165, 1.54) is 0 Å². The van der Waals surface area contributed by atoms with Crippen LogP contribution in [0.2, 0.25) is 0 Å². The average Bonchev–Trinajstić information content (AvgIpc) is 2.34. The number of ether oxygens (including phenoxy) is 1. The standard InChI is InChI=1S/C13H15O3/c1-2-6-12(9-14)13(15)16-10-11-7-4-3-5-8-11/h3-5,7-8,12H,2,6,10H2,1H3. The SMILES string of the molecule is CCCC([C]=O)C(=O)OCc1ccccc1. The van der Waals surface area contributed by atoms with Gasteiger partial charge in [-0.2, -0.15) is 0 Å². The summed E-state index contributed by atoms with van der Waals surface area (Å²) in [5, 5.41) is 0. The van der Waals surface area contributed by atoms with Crippen LogP contribution in [0.25, 0.3) is 0 Å². The highest BCUT2D eigenvalue weighted by Gasteiger charge is 2.18. The molecule has 0 amide bonds. The van der Waals surface area contributed by atoms with Crippen LogP contribution < -0.4 is 0 Å². The summed E-state index contributed by atoms with van der Waals surface area (Å²) in [6.45, 7) is 2.12. The Morgan fingerprint density at radius 1 is 1.38 bits per heavy atom. The van der Waals surface area contributed by atoms with Gasteiger partial charge < -0.3 is 4.74 Å². The molecule has 85 valence electrons. The summed E-state index contributed by atoms with van der Waals surface area (Å²) in [7, 11) is 0. The molecule has 1 aromatic carbocycles. The maximum Gasteiger partial charge on any atom is 0.317 e. The van der Waals surface area contributed by atoms with E-state index >= 15 is 0 Å². The number of carbonyl (C=O) groups excluding carboxylic acids is 2. The zero-order valence-electron chi connectivity index (χ0n) is 9.31. The molecule has 0 fully saturated rings. The van der Waals surface area contributed by atoms with Crippen molar-refractivity contribution in [3.8, 4) is 0 Å². The lowest BCUT2D eigenvalue weighted by Crippen LogP contribution is -2.18. The third-order valence-electron chi connectivity index (χ3n) is 2.23. The lowest BCUT2D eigenvalue weighted by atomic mass is 10.1. The molecule has 0 spiro atoms. The fraction of sp³-hybridized carbons (Fsp3) is 0.385. The van der Waals surface area contributed by atoms with Gasteiger partial charge in [-0.15, -0.1) is 0 Å². The van der Waals surface area contributed by atoms with Crippen LogP contribution in [0.4, 0.5) is 0 Å². The number of carbonyl (C=O) groups is 1. The Labute approximate surface area is 95.4 Å². The van der Waals surface area contributed by atoms with Crippen LogP contribution in [0.5, 0.6) is 0 Å². The van der Waals surface area contributed by atoms with E-state index in [4.69, 9.17) is 4.74 Å². The van der Waals surface area contributed by atoms with Crippen LogP contribution in [-0.2, 0) is 20.9 Å². The molecule has 1 rings (SSSR count). The van der Waals surface area contributed by atoms with Crippen LogP contribution >= 0.6 is 0 Å². The van der Waals surface area contributed by atoms with Crippen molar-refractivity contribution in [2.75, 3.05) is 0 Å². The van der Waals surface area contributed by atoms with E-state index in [1.54, 1.807) is 6.29 Å². The molecule has 1 aromatic rings. The highest BCUT2D eigenvalue weighted by molar-refractivity contribution is 5.87. The van der Waals surface area contributed by atoms with E-state index in [2.05, 4.69) is 0 Å². The van der Waals surface area contributed by atoms with Crippen LogP contribution in [0.3, 0.4) is 0 Å². The quantitative estimate of drug-likeness (QED) is 0.544. The minimum absolute atomic E-state index is 0.210. The van der Waals surface area contributed by atoms with Gasteiger partial charge in [0.25, 0.3) is 0 Å². The first-order valence-electron chi connectivity index (χ1n) is 5.36. The molecule has 0 N–H and O–H groups in total. The molecule has 0 saturated heterocycles. The first-order chi connectivity index (χ1) is 7.77. The molecule has 1 radical (unpaired) electrons. The van der Waals surface area contributed by atoms with E-state index in [1.807, 2.05) is 37.3 Å². The Balaban J connectivity index is 2.42. The third-order valence-corrected chi connectivity index (χ3v) is 2.23. The Kier molecular flexibility index (Phi) is 5.26. The summed E-state index contributed by atoms with van der Waals surface area (Å²) >= 11 is 0. The van der Waals surface area contributed by atoms with Gasteiger partial charge in [0.15, 0.2) is 0 Å². The van der Waals surface area contributed by atoms with Gasteiger partial charge in [0, 0.05) is 0 Å². The Morgan fingerprint density at radius 2 is 2.06 bits per heavy atom. The number of benzene rings is 1. The number of esters is 1. The van der Waals surface area contributed by atoms with Gasteiger partial charge >= 0.3 is 5.97 Å². The van der Waals surface area contributed by atoms with Crippen LogP contribution in [0.15, 0.2) is 30.3 Å². The van der Waals surface area contributed by atoms with Crippen molar-refractivity contribution >= 4 is 12.3 Å². The highest BCUT2D eigenvalue weighted by atomic mass is 16.5. The number of hydrogen-bond acceptors (Lipinski definition) is 3. The second-order valence-electron chi connectivity index (χ2n) is 3.55. The summed E-state index contributed by atoms with van der Waals surface area (Å²) in [5.41, 5.74) is 0.914. The lowest BCUT2D eigenvalue weighted by Gasteiger charge is -2.08. The Hall–Kier alpha value is -1.64. The van der Waals surface area contributed by atoms with Crippen LogP contribution in [0, 0.1) is 5.92 Å². The van der Waals surface area contributed by atoms with Crippen molar-refractivity contribution in [1.82, 2.24) is 0 Å². The Morgan fingerprint density at radius 3 is 2.62 bits per heavy atom. The van der Waals surface area contributed by atoms with E-state index in [0.717, 1.165) is 12.0 Å². The molecular formula is C13H15O3. The number of hydrogen-bond donors (Lipinski definition) is 0. The van der Waals surface area contributed by atoms with E-state index in [0.29, 0.717) is 6.42 Å². The summed E-state index contributed by atoms with van der Waals surface area (Å²) in [5.74, 6) is -1.23. The predicted octanol–water partition coefficient (Wildman–Crippen LogP) is 2.26. The second kappa shape index (κ2) is 6.77. The van der Waals surface area contributed by atoms with Crippen molar-refractivity contribution in [3.05, 3.63) is 35.9 Å². The van der Waals surface area contributed by atoms with E-state index < -0.39 is 11.9 Å². The van der Waals surface area contributed by atoms with Crippen molar-refractivity contribution in [2.45, 2.75) is 26.4 Å². The zero-order valence-corrected chi connectivity index (χ0v) is 9.31. The maximum absolute atomic E-state index is 11.5. The smallest absolute Gasteiger partial charge is 0.317 e. The van der Waals surface area contributed by atoms with Crippen molar-refractivity contribution in [1.29, 1.82) is 0 Å². The molecule has 0 bridgehead atoms. The molecule has 0 heterocycles. The van der Waals surface area contributed by atoms with E-state index in [9.17, 15) is 9.59 Å². The molecule has 1 unspecified atom stereocenters. The summed E-state index contributed by atoms with van der Waals surface area (Å²) in [6, 6.07) is 9.38. The van der Waals surface area contributed by atoms with Crippen molar-refractivity contribution < 1.29 is 14.3 Å². The summed E-state index contributed by atoms with van der Waals surface area (Å²) in [4.78, 5) is 22.0. The maximum atomic E-state index is 11.5. The number of rotatable bonds is 6. The highest BCUT2D eigenvalue weighted by Crippen LogP contribution is 2.08. The van der Waals surface area contributed by atoms with Gasteiger partial charge in [0.05, 0.1) is 0 Å². The fourth-order valence-electron chi connectivity index (χ4n) is 1.34. The van der Waals surface area contributed by atoms with Gasteiger partial charge in [0.2, 0.25) is 6.29 Å². The van der Waals surface area contributed by atoms with E-state index in [-0.39, 0.29) is 6.61 Å². The molecule has 0 saturated carbocycles. The molecule has 0 aliphatic heterocycles. The molecule has 3 heteroatoms. The monoisotopic (exact) mass is 219 g/mol. The molecule has 0 aliphatic rings. The topological polar surface area (TPSA) is 43.4 Å². The molecular weight excluding hydrogens is 204 g/mol. The van der Waals surface area contributed by atoms with Crippen molar-refractivity contribution in [2.24, 2.45) is 5.92 Å². The minimum atomic E-state index is -0.742. The van der Waals surface area contributed by atoms with Gasteiger partial charge in [-0.3, -0.25) is 9.59 Å². The van der Waals surface area contributed by atoms with Gasteiger partial charge in [-0.25, -0.2) is 0 Å². The summed E-state index contributed by atoms with van der Waals surface area (Å²) < 4.78 is 5.03. The summed E-state index contributed by atoms with van der Waals surface area (Å²) in [6.07, 6.45) is 2.98. The van der Waals surface area contributed by atoms with Crippen molar-refractivity contribution in [3.63, 3.8) is 0 Å². The van der Waals surface area contributed by atoms with Gasteiger partial charge in [-0.05, 0) is 12.0 Å². The largest absolute Gasteiger partial charge is 0.460 e. The van der Waals surface area contributed by atoms with Crippen LogP contribution in [-0.4, -0.2) is 12.3 Å². The predicted molar refractivity (Wildman–Crippen MR) is 60.3 cm³/mol. The average molecular weight is 219 g/mol.